The summed E-state index contributed by atoms with van der Waals surface area (Å²) >= 11 is 0. The van der Waals surface area contributed by atoms with Gasteiger partial charge in [-0.25, -0.2) is 4.79 Å². The van der Waals surface area contributed by atoms with Crippen molar-refractivity contribution in [2.24, 2.45) is 0 Å². The molecule has 0 amide bonds. The lowest BCUT2D eigenvalue weighted by atomic mass is 9.84. The summed E-state index contributed by atoms with van der Waals surface area (Å²) in [4.78, 5) is 35.6. The van der Waals surface area contributed by atoms with Crippen LogP contribution in [0.3, 0.4) is 0 Å². The molecular weight excluding hydrogens is 220 g/mol. The molecule has 0 fully saturated rings. The van der Waals surface area contributed by atoms with E-state index in [1.165, 1.54) is 6.92 Å². The molecule has 1 aliphatic carbocycles. The van der Waals surface area contributed by atoms with Crippen molar-refractivity contribution >= 4 is 17.5 Å². The molecule has 92 valence electrons. The molecule has 0 unspecified atom stereocenters. The number of rotatable bonds is 3. The predicted molar refractivity (Wildman–Crippen MR) is 62.3 cm³/mol. The molecule has 0 aromatic carbocycles. The van der Waals surface area contributed by atoms with Crippen LogP contribution in [0.2, 0.25) is 0 Å². The van der Waals surface area contributed by atoms with Gasteiger partial charge in [0.25, 0.3) is 0 Å². The minimum absolute atomic E-state index is 0.112. The molecule has 1 rings (SSSR count). The van der Waals surface area contributed by atoms with E-state index in [-0.39, 0.29) is 29.3 Å². The Morgan fingerprint density at radius 1 is 1.06 bits per heavy atom. The minimum Gasteiger partial charge on any atom is -0.462 e. The zero-order valence-electron chi connectivity index (χ0n) is 10.5. The molecule has 0 aromatic heterocycles. The van der Waals surface area contributed by atoms with Gasteiger partial charge in [-0.3, -0.25) is 9.59 Å². The fourth-order valence-corrected chi connectivity index (χ4v) is 1.90. The summed E-state index contributed by atoms with van der Waals surface area (Å²) in [5, 5.41) is 0. The first-order chi connectivity index (χ1) is 7.95. The summed E-state index contributed by atoms with van der Waals surface area (Å²) in [5.74, 6) is -1.33. The second kappa shape index (κ2) is 5.08. The predicted octanol–water partition coefficient (Wildman–Crippen LogP) is 1.74. The first-order valence-electron chi connectivity index (χ1n) is 5.62. The zero-order valence-corrected chi connectivity index (χ0v) is 10.5. The van der Waals surface area contributed by atoms with Gasteiger partial charge >= 0.3 is 5.97 Å². The Morgan fingerprint density at radius 3 is 2.12 bits per heavy atom. The van der Waals surface area contributed by atoms with Gasteiger partial charge in [0, 0.05) is 16.7 Å². The number of carbonyl (C=O) groups excluding carboxylic acids is 3. The lowest BCUT2D eigenvalue weighted by Crippen LogP contribution is -2.27. The summed E-state index contributed by atoms with van der Waals surface area (Å²) in [6, 6.07) is 0. The van der Waals surface area contributed by atoms with Gasteiger partial charge < -0.3 is 4.74 Å². The van der Waals surface area contributed by atoms with Gasteiger partial charge in [0.15, 0.2) is 11.6 Å². The minimum atomic E-state index is -0.707. The number of hydrogen-bond donors (Lipinski definition) is 0. The van der Waals surface area contributed by atoms with Crippen LogP contribution in [0.25, 0.3) is 0 Å². The number of carbonyl (C=O) groups is 3. The third-order valence-electron chi connectivity index (χ3n) is 2.84. The molecule has 17 heavy (non-hydrogen) atoms. The lowest BCUT2D eigenvalue weighted by Gasteiger charge is -2.18. The van der Waals surface area contributed by atoms with E-state index < -0.39 is 5.97 Å². The molecule has 0 N–H and O–H groups in total. The molecule has 1 aliphatic rings. The number of esters is 1. The summed E-state index contributed by atoms with van der Waals surface area (Å²) in [7, 11) is 0. The fraction of sp³-hybridized carbons (Fsp3) is 0.462. The van der Waals surface area contributed by atoms with Crippen molar-refractivity contribution in [3.8, 4) is 0 Å². The summed E-state index contributed by atoms with van der Waals surface area (Å²) in [5.41, 5.74) is 0.911. The summed E-state index contributed by atoms with van der Waals surface area (Å²) in [6.07, 6.45) is 0.437. The number of ether oxygens (including phenoxy) is 1. The van der Waals surface area contributed by atoms with E-state index in [0.717, 1.165) is 0 Å². The number of hydrogen-bond acceptors (Lipinski definition) is 4. The van der Waals surface area contributed by atoms with E-state index in [2.05, 4.69) is 0 Å². The molecule has 0 saturated carbocycles. The molecule has 0 aromatic rings. The Balaban J connectivity index is 3.27. The molecule has 4 heteroatoms. The van der Waals surface area contributed by atoms with Crippen LogP contribution >= 0.6 is 0 Å². The highest BCUT2D eigenvalue weighted by molar-refractivity contribution is 6.34. The van der Waals surface area contributed by atoms with Crippen molar-refractivity contribution in [2.75, 3.05) is 6.61 Å². The maximum atomic E-state index is 12.1. The number of ketones is 2. The normalized spacial score (nSPS) is 16.7. The van der Waals surface area contributed by atoms with Crippen LogP contribution in [0.4, 0.5) is 0 Å². The van der Waals surface area contributed by atoms with Gasteiger partial charge in [0.1, 0.15) is 5.57 Å². The van der Waals surface area contributed by atoms with Crippen LogP contribution in [-0.2, 0) is 19.1 Å². The van der Waals surface area contributed by atoms with Crippen molar-refractivity contribution in [3.63, 3.8) is 0 Å². The molecule has 4 nitrogen and oxygen atoms in total. The average molecular weight is 236 g/mol. The maximum Gasteiger partial charge on any atom is 0.342 e. The first-order valence-corrected chi connectivity index (χ1v) is 5.62. The molecule has 0 aliphatic heterocycles. The SMILES string of the molecule is CCOC(=O)C1=C(C)C(=O)C(C)=C(CC)C1=O. The molecule has 0 heterocycles. The molecule has 0 spiro atoms. The van der Waals surface area contributed by atoms with E-state index >= 15 is 0 Å². The van der Waals surface area contributed by atoms with Crippen molar-refractivity contribution < 1.29 is 19.1 Å². The average Bonchev–Trinajstić information content (AvgIpc) is 2.27. The van der Waals surface area contributed by atoms with Gasteiger partial charge in [-0.15, -0.1) is 0 Å². The highest BCUT2D eigenvalue weighted by Crippen LogP contribution is 2.26. The highest BCUT2D eigenvalue weighted by Gasteiger charge is 2.33. The van der Waals surface area contributed by atoms with Gasteiger partial charge in [-0.05, 0) is 27.2 Å². The first kappa shape index (κ1) is 13.4. The van der Waals surface area contributed by atoms with Crippen LogP contribution in [0.1, 0.15) is 34.1 Å². The molecular formula is C13H16O4. The van der Waals surface area contributed by atoms with Gasteiger partial charge in [0.05, 0.1) is 6.61 Å². The van der Waals surface area contributed by atoms with E-state index in [1.54, 1.807) is 20.8 Å². The quantitative estimate of drug-likeness (QED) is 0.425. The third kappa shape index (κ3) is 2.20. The monoisotopic (exact) mass is 236 g/mol. The summed E-state index contributed by atoms with van der Waals surface area (Å²) < 4.78 is 4.81. The number of allylic oxidation sites excluding steroid dienone is 3. The van der Waals surface area contributed by atoms with Gasteiger partial charge in [-0.1, -0.05) is 6.92 Å². The Kier molecular flexibility index (Phi) is 3.99. The zero-order chi connectivity index (χ0) is 13.2. The van der Waals surface area contributed by atoms with E-state index in [1.807, 2.05) is 0 Å². The third-order valence-corrected chi connectivity index (χ3v) is 2.84. The maximum absolute atomic E-state index is 12.1. The molecule has 0 bridgehead atoms. The second-order valence-corrected chi connectivity index (χ2v) is 3.84. The van der Waals surface area contributed by atoms with Crippen LogP contribution in [-0.4, -0.2) is 24.1 Å². The Bertz CT molecular complexity index is 452. The second-order valence-electron chi connectivity index (χ2n) is 3.84. The largest absolute Gasteiger partial charge is 0.462 e. The van der Waals surface area contributed by atoms with Gasteiger partial charge in [0.2, 0.25) is 0 Å². The Morgan fingerprint density at radius 2 is 1.65 bits per heavy atom. The highest BCUT2D eigenvalue weighted by atomic mass is 16.5. The topological polar surface area (TPSA) is 60.4 Å². The van der Waals surface area contributed by atoms with Gasteiger partial charge in [-0.2, -0.15) is 0 Å². The van der Waals surface area contributed by atoms with Crippen LogP contribution in [0, 0.1) is 0 Å². The Labute approximate surface area is 100 Å². The molecule has 0 radical (unpaired) electrons. The smallest absolute Gasteiger partial charge is 0.342 e. The Hall–Kier alpha value is -1.71. The van der Waals surface area contributed by atoms with Crippen molar-refractivity contribution in [1.82, 2.24) is 0 Å². The van der Waals surface area contributed by atoms with Crippen LogP contribution in [0.15, 0.2) is 22.3 Å². The van der Waals surface area contributed by atoms with E-state index in [0.29, 0.717) is 17.6 Å². The van der Waals surface area contributed by atoms with E-state index in [4.69, 9.17) is 4.74 Å². The fourth-order valence-electron chi connectivity index (χ4n) is 1.90. The summed E-state index contributed by atoms with van der Waals surface area (Å²) in [6.45, 7) is 6.73. The van der Waals surface area contributed by atoms with Crippen molar-refractivity contribution in [1.29, 1.82) is 0 Å². The van der Waals surface area contributed by atoms with E-state index in [9.17, 15) is 14.4 Å². The lowest BCUT2D eigenvalue weighted by molar-refractivity contribution is -0.140. The standard InChI is InChI=1S/C13H16O4/c1-5-9-7(3)11(14)8(4)10(12(9)15)13(16)17-6-2/h5-6H2,1-4H3. The van der Waals surface area contributed by atoms with Crippen molar-refractivity contribution in [2.45, 2.75) is 34.1 Å². The molecule has 0 saturated heterocycles. The van der Waals surface area contributed by atoms with Crippen molar-refractivity contribution in [3.05, 3.63) is 22.3 Å². The number of Topliss-reactive ketones (excluding diaryl/α,β-unsaturated/α-hetero) is 2. The molecule has 0 atom stereocenters. The van der Waals surface area contributed by atoms with Crippen LogP contribution < -0.4 is 0 Å². The van der Waals surface area contributed by atoms with Crippen LogP contribution in [0.5, 0.6) is 0 Å².